The number of rotatable bonds is 12. The zero-order valence-electron chi connectivity index (χ0n) is 18.1. The lowest BCUT2D eigenvalue weighted by Gasteiger charge is -2.29. The fraction of sp³-hybridized carbons (Fsp3) is 0.417. The zero-order valence-corrected chi connectivity index (χ0v) is 20.4. The Balaban J connectivity index is 1.97. The molecule has 0 aliphatic rings. The Bertz CT molecular complexity index is 846. The van der Waals surface area contributed by atoms with Gasteiger partial charge in [-0.25, -0.2) is 0 Å². The van der Waals surface area contributed by atoms with E-state index in [1.165, 1.54) is 0 Å². The first kappa shape index (κ1) is 25.6. The van der Waals surface area contributed by atoms with E-state index in [2.05, 4.69) is 12.2 Å². The van der Waals surface area contributed by atoms with Crippen molar-refractivity contribution in [1.29, 1.82) is 0 Å². The van der Waals surface area contributed by atoms with Gasteiger partial charge < -0.3 is 10.2 Å². The van der Waals surface area contributed by atoms with E-state index < -0.39 is 6.04 Å². The Labute approximate surface area is 199 Å². The first-order valence-electron chi connectivity index (χ1n) is 10.6. The van der Waals surface area contributed by atoms with Crippen molar-refractivity contribution >= 4 is 46.8 Å². The first-order valence-corrected chi connectivity index (χ1v) is 12.3. The van der Waals surface area contributed by atoms with E-state index in [9.17, 15) is 9.59 Å². The van der Waals surface area contributed by atoms with Crippen LogP contribution in [0.5, 0.6) is 0 Å². The summed E-state index contributed by atoms with van der Waals surface area (Å²) in [4.78, 5) is 28.4. The number of hydrogen-bond donors (Lipinski definition) is 1. The van der Waals surface area contributed by atoms with Crippen molar-refractivity contribution in [1.82, 2.24) is 10.2 Å². The smallest absolute Gasteiger partial charge is 0.242 e. The van der Waals surface area contributed by atoms with Crippen LogP contribution in [0.1, 0.15) is 45.1 Å². The lowest BCUT2D eigenvalue weighted by Crippen LogP contribution is -2.47. The SMILES string of the molecule is CCCCNC(=O)C(C)N(Cc1cccc(Cl)c1)C(=O)CCCSc1ccc(Cl)cc1. The molecule has 0 bridgehead atoms. The molecule has 2 aromatic carbocycles. The molecule has 2 rings (SSSR count). The molecule has 31 heavy (non-hydrogen) atoms. The molecule has 0 radical (unpaired) electrons. The predicted molar refractivity (Wildman–Crippen MR) is 131 cm³/mol. The molecule has 0 aliphatic heterocycles. The summed E-state index contributed by atoms with van der Waals surface area (Å²) >= 11 is 13.7. The lowest BCUT2D eigenvalue weighted by atomic mass is 10.1. The highest BCUT2D eigenvalue weighted by molar-refractivity contribution is 7.99. The molecule has 4 nitrogen and oxygen atoms in total. The van der Waals surface area contributed by atoms with Gasteiger partial charge in [-0.1, -0.05) is 48.7 Å². The van der Waals surface area contributed by atoms with Crippen molar-refractivity contribution in [3.8, 4) is 0 Å². The summed E-state index contributed by atoms with van der Waals surface area (Å²) in [5.74, 6) is 0.657. The molecule has 1 atom stereocenters. The third-order valence-corrected chi connectivity index (χ3v) is 6.44. The number of hydrogen-bond acceptors (Lipinski definition) is 3. The van der Waals surface area contributed by atoms with E-state index >= 15 is 0 Å². The van der Waals surface area contributed by atoms with Gasteiger partial charge in [0, 0.05) is 34.5 Å². The van der Waals surface area contributed by atoms with Gasteiger partial charge in [-0.05, 0) is 67.5 Å². The van der Waals surface area contributed by atoms with Gasteiger partial charge in [-0.2, -0.15) is 0 Å². The van der Waals surface area contributed by atoms with Crippen molar-refractivity contribution in [2.24, 2.45) is 0 Å². The lowest BCUT2D eigenvalue weighted by molar-refractivity contribution is -0.140. The average molecular weight is 481 g/mol. The van der Waals surface area contributed by atoms with Gasteiger partial charge >= 0.3 is 0 Å². The summed E-state index contributed by atoms with van der Waals surface area (Å²) in [6.45, 7) is 4.83. The number of unbranched alkanes of at least 4 members (excludes halogenated alkanes) is 1. The monoisotopic (exact) mass is 480 g/mol. The fourth-order valence-electron chi connectivity index (χ4n) is 3.04. The third-order valence-electron chi connectivity index (χ3n) is 4.86. The van der Waals surface area contributed by atoms with E-state index in [1.807, 2.05) is 42.5 Å². The van der Waals surface area contributed by atoms with Crippen molar-refractivity contribution in [3.05, 3.63) is 64.1 Å². The van der Waals surface area contributed by atoms with Gasteiger partial charge in [0.1, 0.15) is 6.04 Å². The highest BCUT2D eigenvalue weighted by Crippen LogP contribution is 2.22. The number of carbonyl (C=O) groups is 2. The van der Waals surface area contributed by atoms with Crippen LogP contribution in [0.25, 0.3) is 0 Å². The Morgan fingerprint density at radius 2 is 1.81 bits per heavy atom. The maximum atomic E-state index is 13.1. The molecule has 0 aliphatic carbocycles. The van der Waals surface area contributed by atoms with Gasteiger partial charge in [-0.3, -0.25) is 9.59 Å². The van der Waals surface area contributed by atoms with Crippen LogP contribution in [-0.2, 0) is 16.1 Å². The van der Waals surface area contributed by atoms with E-state index in [4.69, 9.17) is 23.2 Å². The molecule has 1 N–H and O–H groups in total. The Morgan fingerprint density at radius 3 is 2.48 bits per heavy atom. The van der Waals surface area contributed by atoms with Crippen molar-refractivity contribution in [2.45, 2.75) is 57.0 Å². The molecule has 0 saturated carbocycles. The van der Waals surface area contributed by atoms with Crippen LogP contribution < -0.4 is 5.32 Å². The first-order chi connectivity index (χ1) is 14.9. The summed E-state index contributed by atoms with van der Waals surface area (Å²) in [6.07, 6.45) is 3.03. The molecular formula is C24H30Cl2N2O2S. The minimum absolute atomic E-state index is 0.0326. The van der Waals surface area contributed by atoms with Crippen LogP contribution in [-0.4, -0.2) is 35.1 Å². The fourth-order valence-corrected chi connectivity index (χ4v) is 4.23. The number of benzene rings is 2. The van der Waals surface area contributed by atoms with E-state index in [0.29, 0.717) is 29.6 Å². The predicted octanol–water partition coefficient (Wildman–Crippen LogP) is 6.20. The van der Waals surface area contributed by atoms with E-state index in [0.717, 1.165) is 35.5 Å². The van der Waals surface area contributed by atoms with Crippen LogP contribution >= 0.6 is 35.0 Å². The van der Waals surface area contributed by atoms with Crippen molar-refractivity contribution in [2.75, 3.05) is 12.3 Å². The number of nitrogens with one attached hydrogen (secondary N) is 1. The molecule has 0 aromatic heterocycles. The minimum Gasteiger partial charge on any atom is -0.354 e. The van der Waals surface area contributed by atoms with Gasteiger partial charge in [0.05, 0.1) is 0 Å². The van der Waals surface area contributed by atoms with Crippen LogP contribution in [0.2, 0.25) is 10.0 Å². The summed E-state index contributed by atoms with van der Waals surface area (Å²) in [7, 11) is 0. The van der Waals surface area contributed by atoms with Gasteiger partial charge in [0.2, 0.25) is 11.8 Å². The molecule has 2 amide bonds. The zero-order chi connectivity index (χ0) is 22.6. The topological polar surface area (TPSA) is 49.4 Å². The molecule has 2 aromatic rings. The molecule has 0 saturated heterocycles. The van der Waals surface area contributed by atoms with Crippen LogP contribution in [0, 0.1) is 0 Å². The number of nitrogens with zero attached hydrogens (tertiary/aromatic N) is 1. The standard InChI is InChI=1S/C24H30Cl2N2O2S/c1-3-4-14-27-24(30)18(2)28(17-19-7-5-8-21(26)16-19)23(29)9-6-15-31-22-12-10-20(25)11-13-22/h5,7-8,10-13,16,18H,3-4,6,9,14-15,17H2,1-2H3,(H,27,30). The molecule has 1 unspecified atom stereocenters. The van der Waals surface area contributed by atoms with Crippen LogP contribution in [0.15, 0.2) is 53.4 Å². The van der Waals surface area contributed by atoms with Crippen LogP contribution in [0.3, 0.4) is 0 Å². The van der Waals surface area contributed by atoms with Crippen LogP contribution in [0.4, 0.5) is 0 Å². The van der Waals surface area contributed by atoms with Crippen molar-refractivity contribution in [3.63, 3.8) is 0 Å². The molecule has 168 valence electrons. The Morgan fingerprint density at radius 1 is 1.06 bits per heavy atom. The number of thioether (sulfide) groups is 1. The maximum absolute atomic E-state index is 13.1. The second-order valence-corrected chi connectivity index (χ2v) is 9.42. The number of carbonyl (C=O) groups excluding carboxylic acids is 2. The number of amides is 2. The van der Waals surface area contributed by atoms with Crippen molar-refractivity contribution < 1.29 is 9.59 Å². The summed E-state index contributed by atoms with van der Waals surface area (Å²) in [5, 5.41) is 4.26. The number of halogens is 2. The summed E-state index contributed by atoms with van der Waals surface area (Å²) in [5.41, 5.74) is 0.907. The third kappa shape index (κ3) is 9.14. The van der Waals surface area contributed by atoms with Gasteiger partial charge in [0.25, 0.3) is 0 Å². The molecule has 0 fully saturated rings. The Hall–Kier alpha value is -1.69. The molecular weight excluding hydrogens is 451 g/mol. The highest BCUT2D eigenvalue weighted by Gasteiger charge is 2.25. The molecule has 0 heterocycles. The summed E-state index contributed by atoms with van der Waals surface area (Å²) < 4.78 is 0. The van der Waals surface area contributed by atoms with Gasteiger partial charge in [-0.15, -0.1) is 11.8 Å². The van der Waals surface area contributed by atoms with Gasteiger partial charge in [0.15, 0.2) is 0 Å². The largest absolute Gasteiger partial charge is 0.354 e. The summed E-state index contributed by atoms with van der Waals surface area (Å²) in [6, 6.07) is 14.5. The quantitative estimate of drug-likeness (QED) is 0.290. The minimum atomic E-state index is -0.549. The Kier molecular flexibility index (Phi) is 11.3. The molecule has 0 spiro atoms. The normalized spacial score (nSPS) is 11.7. The highest BCUT2D eigenvalue weighted by atomic mass is 35.5. The maximum Gasteiger partial charge on any atom is 0.242 e. The second kappa shape index (κ2) is 13.7. The average Bonchev–Trinajstić information content (AvgIpc) is 2.76. The van der Waals surface area contributed by atoms with E-state index in [-0.39, 0.29) is 11.8 Å². The van der Waals surface area contributed by atoms with E-state index in [1.54, 1.807) is 29.7 Å². The second-order valence-electron chi connectivity index (χ2n) is 7.38. The molecule has 7 heteroatoms.